The average molecular weight is 258 g/mol. The zero-order chi connectivity index (χ0) is 10.0. The van der Waals surface area contributed by atoms with Crippen LogP contribution in [0.2, 0.25) is 0 Å². The second-order valence-electron chi connectivity index (χ2n) is 3.86. The van der Waals surface area contributed by atoms with Crippen molar-refractivity contribution in [2.75, 3.05) is 19.6 Å². The topological polar surface area (TPSA) is 49.6 Å². The van der Waals surface area contributed by atoms with E-state index in [9.17, 15) is 4.79 Å². The molecule has 1 rings (SSSR count). The number of amides is 1. The summed E-state index contributed by atoms with van der Waals surface area (Å²) in [5, 5.41) is 0. The van der Waals surface area contributed by atoms with Crippen LogP contribution in [0.1, 0.15) is 20.8 Å². The molecule has 1 aliphatic heterocycles. The highest BCUT2D eigenvalue weighted by Gasteiger charge is 2.26. The van der Waals surface area contributed by atoms with Gasteiger partial charge < -0.3 is 10.6 Å². The zero-order valence-corrected chi connectivity index (χ0v) is 11.1. The molecule has 0 aromatic rings. The highest BCUT2D eigenvalue weighted by molar-refractivity contribution is 5.85. The van der Waals surface area contributed by atoms with Crippen molar-refractivity contribution < 1.29 is 4.79 Å². The van der Waals surface area contributed by atoms with Gasteiger partial charge in [0.1, 0.15) is 0 Å². The Morgan fingerprint density at radius 3 is 2.20 bits per heavy atom. The van der Waals surface area contributed by atoms with Crippen molar-refractivity contribution in [3.8, 4) is 0 Å². The Morgan fingerprint density at radius 2 is 1.87 bits per heavy atom. The van der Waals surface area contributed by atoms with E-state index in [-0.39, 0.29) is 36.9 Å². The van der Waals surface area contributed by atoms with Gasteiger partial charge in [0.05, 0.1) is 6.17 Å². The first-order valence-corrected chi connectivity index (χ1v) is 4.79. The highest BCUT2D eigenvalue weighted by atomic mass is 35.5. The number of carbonyl (C=O) groups excluding carboxylic acids is 1. The number of piperazine rings is 1. The van der Waals surface area contributed by atoms with E-state index in [1.165, 1.54) is 0 Å². The first-order chi connectivity index (χ1) is 6.02. The molecule has 4 nitrogen and oxygen atoms in total. The number of hydrogen-bond acceptors (Lipinski definition) is 3. The van der Waals surface area contributed by atoms with Crippen LogP contribution in [0.15, 0.2) is 0 Å². The Labute approximate surface area is 104 Å². The van der Waals surface area contributed by atoms with Crippen LogP contribution in [-0.4, -0.2) is 47.5 Å². The lowest BCUT2D eigenvalue weighted by Crippen LogP contribution is -2.59. The summed E-state index contributed by atoms with van der Waals surface area (Å²) in [6.45, 7) is 8.21. The summed E-state index contributed by atoms with van der Waals surface area (Å²) in [6, 6.07) is 0.462. The fraction of sp³-hybridized carbons (Fsp3) is 0.889. The van der Waals surface area contributed by atoms with Gasteiger partial charge in [-0.1, -0.05) is 0 Å². The molecule has 1 unspecified atom stereocenters. The Hall–Kier alpha value is -0.0300. The quantitative estimate of drug-likeness (QED) is 0.752. The smallest absolute Gasteiger partial charge is 0.219 e. The number of nitrogens with two attached hydrogens (primary N) is 1. The largest absolute Gasteiger partial charge is 0.339 e. The fourth-order valence-electron chi connectivity index (χ4n) is 1.75. The molecule has 1 atom stereocenters. The lowest BCUT2D eigenvalue weighted by Gasteiger charge is -2.41. The number of carbonyl (C=O) groups is 1. The van der Waals surface area contributed by atoms with E-state index in [1.807, 2.05) is 4.90 Å². The van der Waals surface area contributed by atoms with Crippen molar-refractivity contribution in [2.24, 2.45) is 5.73 Å². The molecule has 15 heavy (non-hydrogen) atoms. The van der Waals surface area contributed by atoms with Gasteiger partial charge in [0.2, 0.25) is 5.91 Å². The Bertz CT molecular complexity index is 202. The second kappa shape index (κ2) is 7.28. The van der Waals surface area contributed by atoms with Gasteiger partial charge >= 0.3 is 0 Å². The van der Waals surface area contributed by atoms with Gasteiger partial charge in [-0.05, 0) is 13.8 Å². The molecule has 0 bridgehead atoms. The molecular formula is C9H21Cl2N3O. The summed E-state index contributed by atoms with van der Waals surface area (Å²) in [6.07, 6.45) is -0.00218. The first kappa shape index (κ1) is 17.4. The summed E-state index contributed by atoms with van der Waals surface area (Å²) >= 11 is 0. The third-order valence-corrected chi connectivity index (χ3v) is 2.57. The van der Waals surface area contributed by atoms with E-state index in [2.05, 4.69) is 18.7 Å². The third kappa shape index (κ3) is 4.55. The molecular weight excluding hydrogens is 237 g/mol. The van der Waals surface area contributed by atoms with Crippen molar-refractivity contribution >= 4 is 30.7 Å². The average Bonchev–Trinajstić information content (AvgIpc) is 2.03. The van der Waals surface area contributed by atoms with Gasteiger partial charge in [0.15, 0.2) is 0 Å². The van der Waals surface area contributed by atoms with Crippen LogP contribution in [0.5, 0.6) is 0 Å². The molecule has 0 aromatic heterocycles. The van der Waals surface area contributed by atoms with Gasteiger partial charge in [0, 0.05) is 32.6 Å². The Balaban J connectivity index is 0. The number of rotatable bonds is 1. The molecule has 2 N–H and O–H groups in total. The molecule has 0 saturated carbocycles. The van der Waals surface area contributed by atoms with Crippen LogP contribution in [-0.2, 0) is 4.79 Å². The normalized spacial score (nSPS) is 21.9. The van der Waals surface area contributed by atoms with Crippen LogP contribution in [0, 0.1) is 0 Å². The molecule has 0 spiro atoms. The van der Waals surface area contributed by atoms with Crippen molar-refractivity contribution in [3.05, 3.63) is 0 Å². The molecule has 1 aliphatic rings. The van der Waals surface area contributed by atoms with Gasteiger partial charge in [-0.15, -0.1) is 24.8 Å². The molecule has 0 aromatic carbocycles. The molecule has 1 saturated heterocycles. The number of nitrogens with zero attached hydrogens (tertiary/aromatic N) is 2. The third-order valence-electron chi connectivity index (χ3n) is 2.57. The minimum absolute atomic E-state index is 0. The predicted molar refractivity (Wildman–Crippen MR) is 66.6 cm³/mol. The maximum absolute atomic E-state index is 11.1. The fourth-order valence-corrected chi connectivity index (χ4v) is 1.75. The molecule has 0 aliphatic carbocycles. The van der Waals surface area contributed by atoms with Gasteiger partial charge in [-0.2, -0.15) is 0 Å². The van der Waals surface area contributed by atoms with Crippen LogP contribution < -0.4 is 5.73 Å². The summed E-state index contributed by atoms with van der Waals surface area (Å²) < 4.78 is 0. The maximum Gasteiger partial charge on any atom is 0.219 e. The minimum Gasteiger partial charge on any atom is -0.339 e. The maximum atomic E-state index is 11.1. The number of hydrogen-bond donors (Lipinski definition) is 1. The second-order valence-corrected chi connectivity index (χ2v) is 3.86. The van der Waals surface area contributed by atoms with E-state index < -0.39 is 0 Å². The van der Waals surface area contributed by atoms with Gasteiger partial charge in [-0.25, -0.2) is 0 Å². The summed E-state index contributed by atoms with van der Waals surface area (Å²) in [5.74, 6) is 0.124. The highest BCUT2D eigenvalue weighted by Crippen LogP contribution is 2.09. The number of halogens is 2. The van der Waals surface area contributed by atoms with Crippen LogP contribution in [0.3, 0.4) is 0 Å². The summed E-state index contributed by atoms with van der Waals surface area (Å²) in [5.41, 5.74) is 5.94. The minimum atomic E-state index is -0.00218. The monoisotopic (exact) mass is 257 g/mol. The molecule has 92 valence electrons. The Kier molecular flexibility index (Phi) is 8.43. The Morgan fingerprint density at radius 1 is 1.33 bits per heavy atom. The molecule has 1 amide bonds. The van der Waals surface area contributed by atoms with Crippen molar-refractivity contribution in [1.82, 2.24) is 9.80 Å². The van der Waals surface area contributed by atoms with Gasteiger partial charge in [0.25, 0.3) is 0 Å². The predicted octanol–water partition coefficient (Wildman–Crippen LogP) is 0.687. The van der Waals surface area contributed by atoms with Gasteiger partial charge in [-0.3, -0.25) is 9.69 Å². The van der Waals surface area contributed by atoms with E-state index in [1.54, 1.807) is 6.92 Å². The van der Waals surface area contributed by atoms with Crippen molar-refractivity contribution in [2.45, 2.75) is 33.0 Å². The molecule has 1 heterocycles. The van der Waals surface area contributed by atoms with Crippen LogP contribution in [0.4, 0.5) is 0 Å². The lowest BCUT2D eigenvalue weighted by molar-refractivity contribution is -0.132. The lowest BCUT2D eigenvalue weighted by atomic mass is 10.2. The molecule has 6 heteroatoms. The first-order valence-electron chi connectivity index (χ1n) is 4.79. The van der Waals surface area contributed by atoms with Crippen molar-refractivity contribution in [1.29, 1.82) is 0 Å². The van der Waals surface area contributed by atoms with Crippen LogP contribution in [0.25, 0.3) is 0 Å². The molecule has 1 fully saturated rings. The van der Waals surface area contributed by atoms with E-state index in [0.717, 1.165) is 13.1 Å². The SMILES string of the molecule is CC(=O)N1CCN(C(C)C)C(N)C1.Cl.Cl. The standard InChI is InChI=1S/C9H19N3O.2ClH/c1-7(2)12-5-4-11(8(3)13)6-9(12)10;;/h7,9H,4-6,10H2,1-3H3;2*1H. The zero-order valence-electron chi connectivity index (χ0n) is 9.47. The van der Waals surface area contributed by atoms with E-state index in [0.29, 0.717) is 12.6 Å². The van der Waals surface area contributed by atoms with Crippen molar-refractivity contribution in [3.63, 3.8) is 0 Å². The molecule has 0 radical (unpaired) electrons. The summed E-state index contributed by atoms with van der Waals surface area (Å²) in [4.78, 5) is 15.1. The van der Waals surface area contributed by atoms with E-state index in [4.69, 9.17) is 5.73 Å². The van der Waals surface area contributed by atoms with Crippen LogP contribution >= 0.6 is 24.8 Å². The summed E-state index contributed by atoms with van der Waals surface area (Å²) in [7, 11) is 0. The van der Waals surface area contributed by atoms with E-state index >= 15 is 0 Å².